The SMILES string of the molecule is CNC(=O)c1cc(-c2cccc(CN3O[C@@H](CN)[C@@H]([C@H](C)OC(=O)NCCc4ccccc4)[C@H]3C(=O)N[C@H]3C[C@@H](C)C(C)(C)[C@@H](C)[C@@H]3C)c2OC)cc(N(C)C)c1. The molecule has 3 aromatic rings. The number of carbonyl (C=O) groups excluding carboxylic acids is 3. The van der Waals surface area contributed by atoms with E-state index >= 15 is 0 Å². The topological polar surface area (TPSA) is 147 Å². The molecule has 0 unspecified atom stereocenters. The first-order chi connectivity index (χ1) is 27.1. The zero-order valence-corrected chi connectivity index (χ0v) is 35.4. The molecule has 0 bridgehead atoms. The smallest absolute Gasteiger partial charge is 0.407 e. The zero-order chi connectivity index (χ0) is 41.6. The fourth-order valence-corrected chi connectivity index (χ4v) is 8.63. The number of hydrogen-bond acceptors (Lipinski definition) is 9. The molecule has 12 heteroatoms. The van der Waals surface area contributed by atoms with Gasteiger partial charge in [0.2, 0.25) is 5.91 Å². The van der Waals surface area contributed by atoms with Crippen molar-refractivity contribution in [3.63, 3.8) is 0 Å². The molecule has 0 radical (unpaired) electrons. The number of hydroxylamine groups is 2. The van der Waals surface area contributed by atoms with E-state index < -0.39 is 30.3 Å². The van der Waals surface area contributed by atoms with Crippen molar-refractivity contribution in [3.05, 3.63) is 83.4 Å². The number of nitrogens with two attached hydrogens (primary N) is 1. The zero-order valence-electron chi connectivity index (χ0n) is 35.4. The lowest BCUT2D eigenvalue weighted by molar-refractivity contribution is -0.174. The average Bonchev–Trinajstić information content (AvgIpc) is 3.57. The van der Waals surface area contributed by atoms with Crippen LogP contribution in [0.15, 0.2) is 66.7 Å². The van der Waals surface area contributed by atoms with Crippen molar-refractivity contribution in [1.82, 2.24) is 21.0 Å². The molecule has 310 valence electrons. The third kappa shape index (κ3) is 9.73. The average molecular weight is 785 g/mol. The predicted molar refractivity (Wildman–Crippen MR) is 225 cm³/mol. The summed E-state index contributed by atoms with van der Waals surface area (Å²) in [5, 5.41) is 10.7. The molecule has 57 heavy (non-hydrogen) atoms. The summed E-state index contributed by atoms with van der Waals surface area (Å²) < 4.78 is 12.1. The van der Waals surface area contributed by atoms with Gasteiger partial charge < -0.3 is 36.1 Å². The fraction of sp³-hybridized carbons (Fsp3) is 0.533. The Balaban J connectivity index is 1.47. The van der Waals surface area contributed by atoms with E-state index in [0.29, 0.717) is 36.1 Å². The van der Waals surface area contributed by atoms with Crippen molar-refractivity contribution in [2.24, 2.45) is 34.8 Å². The molecule has 5 N–H and O–H groups in total. The number of nitrogens with one attached hydrogen (secondary N) is 3. The molecule has 0 spiro atoms. The monoisotopic (exact) mass is 784 g/mol. The van der Waals surface area contributed by atoms with E-state index in [4.69, 9.17) is 20.0 Å². The van der Waals surface area contributed by atoms with Gasteiger partial charge in [0.1, 0.15) is 17.9 Å². The summed E-state index contributed by atoms with van der Waals surface area (Å²) in [5.74, 6) is 0.601. The number of rotatable bonds is 14. The minimum Gasteiger partial charge on any atom is -0.496 e. The Morgan fingerprint density at radius 2 is 1.75 bits per heavy atom. The van der Waals surface area contributed by atoms with Gasteiger partial charge in [0, 0.05) is 62.7 Å². The van der Waals surface area contributed by atoms with Crippen molar-refractivity contribution in [1.29, 1.82) is 0 Å². The van der Waals surface area contributed by atoms with E-state index in [-0.39, 0.29) is 42.3 Å². The van der Waals surface area contributed by atoms with Gasteiger partial charge in [0.15, 0.2) is 0 Å². The lowest BCUT2D eigenvalue weighted by Crippen LogP contribution is -2.57. The van der Waals surface area contributed by atoms with Crippen LogP contribution in [-0.2, 0) is 27.3 Å². The number of carbonyl (C=O) groups is 3. The largest absolute Gasteiger partial charge is 0.496 e. The number of methoxy groups -OCH3 is 1. The van der Waals surface area contributed by atoms with Crippen molar-refractivity contribution >= 4 is 23.6 Å². The van der Waals surface area contributed by atoms with Crippen LogP contribution in [0.1, 0.15) is 69.4 Å². The van der Waals surface area contributed by atoms with Crippen LogP contribution in [0.3, 0.4) is 0 Å². The highest BCUT2D eigenvalue weighted by molar-refractivity contribution is 5.97. The molecule has 2 fully saturated rings. The Kier molecular flexibility index (Phi) is 14.3. The maximum absolute atomic E-state index is 14.8. The van der Waals surface area contributed by atoms with Gasteiger partial charge in [-0.15, -0.1) is 0 Å². The second-order valence-corrected chi connectivity index (χ2v) is 16.7. The van der Waals surface area contributed by atoms with Crippen LogP contribution in [0.5, 0.6) is 5.75 Å². The van der Waals surface area contributed by atoms with Crippen LogP contribution < -0.4 is 31.3 Å². The van der Waals surface area contributed by atoms with Crippen molar-refractivity contribution in [2.45, 2.75) is 85.2 Å². The molecule has 3 amide bonds. The maximum Gasteiger partial charge on any atom is 0.407 e. The van der Waals surface area contributed by atoms with Crippen molar-refractivity contribution in [3.8, 4) is 16.9 Å². The molecular formula is C45H64N6O6. The number of para-hydroxylation sites is 1. The van der Waals surface area contributed by atoms with Gasteiger partial charge >= 0.3 is 6.09 Å². The van der Waals surface area contributed by atoms with Gasteiger partial charge in [-0.05, 0) is 72.3 Å². The van der Waals surface area contributed by atoms with Gasteiger partial charge in [0.25, 0.3) is 5.91 Å². The molecule has 3 aromatic carbocycles. The molecule has 1 heterocycles. The van der Waals surface area contributed by atoms with Gasteiger partial charge in [-0.1, -0.05) is 83.1 Å². The first-order valence-corrected chi connectivity index (χ1v) is 20.2. The molecule has 0 aromatic heterocycles. The standard InChI is InChI=1S/C45H64N6O6/c1-27-21-37(28(2)29(3)45(27,5)6)49-43(53)40-39(30(4)56-44(54)48-20-19-31-15-12-11-13-16-31)38(25-46)57-51(40)26-32-17-14-18-36(41(32)55-10)33-22-34(42(52)47-7)24-35(23-33)50(8)9/h11-18,22-24,27-30,37-40H,19-21,25-26,46H2,1-10H3,(H,47,52)(H,48,54)(H,49,53)/t27-,28+,29+,30+,37+,38+,39-,40+/m1/s1. The second kappa shape index (κ2) is 18.7. The van der Waals surface area contributed by atoms with Crippen LogP contribution in [0, 0.1) is 29.1 Å². The Bertz CT molecular complexity index is 1850. The predicted octanol–water partition coefficient (Wildman–Crippen LogP) is 6.03. The maximum atomic E-state index is 14.8. The highest BCUT2D eigenvalue weighted by atomic mass is 16.7. The highest BCUT2D eigenvalue weighted by Crippen LogP contribution is 2.48. The van der Waals surface area contributed by atoms with Gasteiger partial charge in [-0.25, -0.2) is 4.79 Å². The van der Waals surface area contributed by atoms with Gasteiger partial charge in [0.05, 0.1) is 25.7 Å². The lowest BCUT2D eigenvalue weighted by Gasteiger charge is -2.50. The molecule has 1 saturated carbocycles. The molecule has 12 nitrogen and oxygen atoms in total. The summed E-state index contributed by atoms with van der Waals surface area (Å²) in [6.07, 6.45) is -0.403. The third-order valence-electron chi connectivity index (χ3n) is 12.9. The molecule has 2 aliphatic rings. The Labute approximate surface area is 339 Å². The van der Waals surface area contributed by atoms with Crippen LogP contribution in [0.4, 0.5) is 10.5 Å². The van der Waals surface area contributed by atoms with E-state index in [1.807, 2.05) is 85.7 Å². The van der Waals surface area contributed by atoms with Crippen LogP contribution in [-0.4, -0.2) is 88.6 Å². The Morgan fingerprint density at radius 3 is 2.40 bits per heavy atom. The number of hydrogen-bond donors (Lipinski definition) is 4. The molecule has 1 saturated heterocycles. The Hall–Kier alpha value is -4.65. The minimum absolute atomic E-state index is 0.0520. The highest BCUT2D eigenvalue weighted by Gasteiger charge is 2.52. The summed E-state index contributed by atoms with van der Waals surface area (Å²) >= 11 is 0. The summed E-state index contributed by atoms with van der Waals surface area (Å²) in [4.78, 5) is 49.3. The van der Waals surface area contributed by atoms with E-state index in [9.17, 15) is 14.4 Å². The number of alkyl carbamates (subject to hydrolysis) is 1. The fourth-order valence-electron chi connectivity index (χ4n) is 8.63. The van der Waals surface area contributed by atoms with Crippen molar-refractivity contribution < 1.29 is 28.7 Å². The van der Waals surface area contributed by atoms with Crippen molar-refractivity contribution in [2.75, 3.05) is 46.2 Å². The second-order valence-electron chi connectivity index (χ2n) is 16.7. The van der Waals surface area contributed by atoms with E-state index in [2.05, 4.69) is 50.6 Å². The molecular weight excluding hydrogens is 721 g/mol. The number of anilines is 1. The first-order valence-electron chi connectivity index (χ1n) is 20.2. The van der Waals surface area contributed by atoms with Crippen LogP contribution in [0.25, 0.3) is 11.1 Å². The molecule has 8 atom stereocenters. The van der Waals surface area contributed by atoms with E-state index in [1.165, 1.54) is 0 Å². The molecule has 1 aliphatic heterocycles. The summed E-state index contributed by atoms with van der Waals surface area (Å²) in [7, 11) is 7.07. The van der Waals surface area contributed by atoms with Gasteiger partial charge in [-0.3, -0.25) is 14.4 Å². The lowest BCUT2D eigenvalue weighted by atomic mass is 9.58. The molecule has 5 rings (SSSR count). The number of ether oxygens (including phenoxy) is 2. The normalized spacial score (nSPS) is 24.9. The minimum atomic E-state index is -0.844. The van der Waals surface area contributed by atoms with Crippen LogP contribution in [0.2, 0.25) is 0 Å². The molecule has 1 aliphatic carbocycles. The number of benzene rings is 3. The van der Waals surface area contributed by atoms with Gasteiger partial charge in [-0.2, -0.15) is 5.06 Å². The summed E-state index contributed by atoms with van der Waals surface area (Å²) in [6, 6.07) is 20.5. The van der Waals surface area contributed by atoms with E-state index in [1.54, 1.807) is 26.1 Å². The quantitative estimate of drug-likeness (QED) is 0.154. The van der Waals surface area contributed by atoms with Crippen LogP contribution >= 0.6 is 0 Å². The number of amides is 3. The third-order valence-corrected chi connectivity index (χ3v) is 12.9. The Morgan fingerprint density at radius 1 is 1.04 bits per heavy atom. The van der Waals surface area contributed by atoms with E-state index in [0.717, 1.165) is 34.4 Å². The first kappa shape index (κ1) is 43.5. The summed E-state index contributed by atoms with van der Waals surface area (Å²) in [6.45, 7) is 13.9. The summed E-state index contributed by atoms with van der Waals surface area (Å²) in [5.41, 5.74) is 11.3. The number of nitrogens with zero attached hydrogens (tertiary/aromatic N) is 2.